The molecule has 0 radical (unpaired) electrons. The second-order valence-electron chi connectivity index (χ2n) is 6.79. The van der Waals surface area contributed by atoms with Crippen molar-refractivity contribution in [1.29, 1.82) is 0 Å². The molecule has 29 heavy (non-hydrogen) atoms. The first-order valence-corrected chi connectivity index (χ1v) is 10.8. The van der Waals surface area contributed by atoms with Gasteiger partial charge in [0.15, 0.2) is 18.1 Å². The molecule has 3 rings (SSSR count). The van der Waals surface area contributed by atoms with Crippen LogP contribution < -0.4 is 14.8 Å². The molecule has 8 heteroatoms. The number of ether oxygens (including phenoxy) is 2. The highest BCUT2D eigenvalue weighted by atomic mass is 127. The third-order valence-electron chi connectivity index (χ3n) is 4.67. The second-order valence-corrected chi connectivity index (χ2v) is 8.34. The minimum atomic E-state index is -0.230. The number of thiocarbonyl (C=S) groups is 1. The number of carbonyl (C=O) groups is 1. The zero-order valence-corrected chi connectivity index (χ0v) is 19.5. The Kier molecular flexibility index (Phi) is 7.68. The average molecular weight is 525 g/mol. The lowest BCUT2D eigenvalue weighted by atomic mass is 10.1. The van der Waals surface area contributed by atoms with Gasteiger partial charge in [0.2, 0.25) is 0 Å². The minimum Gasteiger partial charge on any atom is -0.493 e. The third kappa shape index (κ3) is 5.80. The Bertz CT molecular complexity index is 871. The SMILES string of the molecule is COc1cc(C(=S)N2CCN(C)CC2)cc(I)c1OCC(=O)Nc1ccccc1. The van der Waals surface area contributed by atoms with Crippen LogP contribution in [0.25, 0.3) is 0 Å². The molecule has 0 bridgehead atoms. The van der Waals surface area contributed by atoms with Crippen LogP contribution in [0, 0.1) is 3.57 Å². The number of hydrogen-bond acceptors (Lipinski definition) is 5. The van der Waals surface area contributed by atoms with E-state index in [-0.39, 0.29) is 12.5 Å². The van der Waals surface area contributed by atoms with Crippen LogP contribution in [0.2, 0.25) is 0 Å². The summed E-state index contributed by atoms with van der Waals surface area (Å²) in [6.07, 6.45) is 0. The number of methoxy groups -OCH3 is 1. The molecule has 0 aromatic heterocycles. The largest absolute Gasteiger partial charge is 0.493 e. The predicted octanol–water partition coefficient (Wildman–Crippen LogP) is 3.24. The second kappa shape index (κ2) is 10.2. The number of halogens is 1. The number of likely N-dealkylation sites (N-methyl/N-ethyl adjacent to an activating group) is 1. The van der Waals surface area contributed by atoms with Gasteiger partial charge in [0, 0.05) is 37.4 Å². The zero-order valence-electron chi connectivity index (χ0n) is 16.5. The lowest BCUT2D eigenvalue weighted by Crippen LogP contribution is -2.46. The maximum Gasteiger partial charge on any atom is 0.262 e. The zero-order chi connectivity index (χ0) is 20.8. The fraction of sp³-hybridized carbons (Fsp3) is 0.333. The van der Waals surface area contributed by atoms with E-state index >= 15 is 0 Å². The molecule has 154 valence electrons. The maximum absolute atomic E-state index is 12.2. The van der Waals surface area contributed by atoms with Gasteiger partial charge in [-0.25, -0.2) is 0 Å². The Balaban J connectivity index is 1.68. The van der Waals surface area contributed by atoms with Gasteiger partial charge >= 0.3 is 0 Å². The van der Waals surface area contributed by atoms with Crippen molar-refractivity contribution in [2.24, 2.45) is 0 Å². The first-order valence-electron chi connectivity index (χ1n) is 9.31. The molecule has 2 aromatic rings. The van der Waals surface area contributed by atoms with Crippen LogP contribution in [0.15, 0.2) is 42.5 Å². The van der Waals surface area contributed by atoms with E-state index in [1.54, 1.807) is 7.11 Å². The quantitative estimate of drug-likeness (QED) is 0.462. The molecule has 1 heterocycles. The average Bonchev–Trinajstić information content (AvgIpc) is 2.73. The monoisotopic (exact) mass is 525 g/mol. The summed E-state index contributed by atoms with van der Waals surface area (Å²) in [4.78, 5) is 17.5. The van der Waals surface area contributed by atoms with Gasteiger partial charge in [-0.3, -0.25) is 4.79 Å². The van der Waals surface area contributed by atoms with Crippen LogP contribution in [0.3, 0.4) is 0 Å². The first kappa shape index (κ1) is 21.8. The molecule has 1 amide bonds. The van der Waals surface area contributed by atoms with E-state index in [1.807, 2.05) is 42.5 Å². The number of piperazine rings is 1. The highest BCUT2D eigenvalue weighted by Crippen LogP contribution is 2.34. The molecule has 2 aromatic carbocycles. The molecule has 0 atom stereocenters. The predicted molar refractivity (Wildman–Crippen MR) is 127 cm³/mol. The summed E-state index contributed by atoms with van der Waals surface area (Å²) in [5.74, 6) is 0.878. The number of anilines is 1. The van der Waals surface area contributed by atoms with Crippen LogP contribution in [-0.4, -0.2) is 67.6 Å². The van der Waals surface area contributed by atoms with Gasteiger partial charge in [0.25, 0.3) is 5.91 Å². The molecule has 0 unspecified atom stereocenters. The van der Waals surface area contributed by atoms with E-state index < -0.39 is 0 Å². The van der Waals surface area contributed by atoms with Crippen molar-refractivity contribution in [3.8, 4) is 11.5 Å². The number of para-hydroxylation sites is 1. The molecule has 1 saturated heterocycles. The van der Waals surface area contributed by atoms with E-state index in [1.165, 1.54) is 0 Å². The maximum atomic E-state index is 12.2. The van der Waals surface area contributed by atoms with E-state index in [4.69, 9.17) is 21.7 Å². The minimum absolute atomic E-state index is 0.108. The third-order valence-corrected chi connectivity index (χ3v) is 5.97. The Hall–Kier alpha value is -1.91. The first-order chi connectivity index (χ1) is 14.0. The topological polar surface area (TPSA) is 54.0 Å². The molecular weight excluding hydrogens is 501 g/mol. The van der Waals surface area contributed by atoms with Crippen molar-refractivity contribution in [1.82, 2.24) is 9.80 Å². The summed E-state index contributed by atoms with van der Waals surface area (Å²) in [5.41, 5.74) is 1.66. The van der Waals surface area contributed by atoms with Gasteiger partial charge in [-0.15, -0.1) is 0 Å². The smallest absolute Gasteiger partial charge is 0.262 e. The Morgan fingerprint density at radius 3 is 2.52 bits per heavy atom. The van der Waals surface area contributed by atoms with E-state index in [9.17, 15) is 4.79 Å². The molecule has 1 N–H and O–H groups in total. The summed E-state index contributed by atoms with van der Waals surface area (Å²) in [6, 6.07) is 13.1. The Morgan fingerprint density at radius 2 is 1.86 bits per heavy atom. The van der Waals surface area contributed by atoms with E-state index in [0.29, 0.717) is 11.5 Å². The van der Waals surface area contributed by atoms with Crippen LogP contribution in [0.5, 0.6) is 11.5 Å². The van der Waals surface area contributed by atoms with Gasteiger partial charge in [0.05, 0.1) is 10.7 Å². The summed E-state index contributed by atoms with van der Waals surface area (Å²) in [6.45, 7) is 3.69. The van der Waals surface area contributed by atoms with Crippen molar-refractivity contribution in [3.05, 3.63) is 51.6 Å². The molecular formula is C21H24IN3O3S. The molecule has 1 aliphatic heterocycles. The Labute approximate surface area is 190 Å². The van der Waals surface area contributed by atoms with Gasteiger partial charge in [-0.05, 0) is 53.9 Å². The van der Waals surface area contributed by atoms with Crippen LogP contribution >= 0.6 is 34.8 Å². The number of nitrogens with one attached hydrogen (secondary N) is 1. The lowest BCUT2D eigenvalue weighted by Gasteiger charge is -2.34. The van der Waals surface area contributed by atoms with E-state index in [2.05, 4.69) is 44.8 Å². The summed E-state index contributed by atoms with van der Waals surface area (Å²) in [7, 11) is 3.71. The number of carbonyl (C=O) groups excluding carboxylic acids is 1. The van der Waals surface area contributed by atoms with Crippen molar-refractivity contribution >= 4 is 51.4 Å². The highest BCUT2D eigenvalue weighted by molar-refractivity contribution is 14.1. The summed E-state index contributed by atoms with van der Waals surface area (Å²) in [5, 5.41) is 2.81. The fourth-order valence-corrected chi connectivity index (χ4v) is 4.09. The number of hydrogen-bond donors (Lipinski definition) is 1. The number of rotatable bonds is 6. The summed E-state index contributed by atoms with van der Waals surface area (Å²) < 4.78 is 12.2. The van der Waals surface area contributed by atoms with Crippen molar-refractivity contribution < 1.29 is 14.3 Å². The molecule has 0 aliphatic carbocycles. The summed E-state index contributed by atoms with van der Waals surface area (Å²) >= 11 is 7.90. The van der Waals surface area contributed by atoms with Gasteiger partial charge in [-0.2, -0.15) is 0 Å². The van der Waals surface area contributed by atoms with Crippen molar-refractivity contribution in [3.63, 3.8) is 0 Å². The molecule has 1 aliphatic rings. The molecule has 1 fully saturated rings. The number of benzene rings is 2. The van der Waals surface area contributed by atoms with Crippen LogP contribution in [-0.2, 0) is 4.79 Å². The van der Waals surface area contributed by atoms with Crippen LogP contribution in [0.1, 0.15) is 5.56 Å². The van der Waals surface area contributed by atoms with E-state index in [0.717, 1.165) is 46.0 Å². The van der Waals surface area contributed by atoms with Crippen LogP contribution in [0.4, 0.5) is 5.69 Å². The van der Waals surface area contributed by atoms with Gasteiger partial charge < -0.3 is 24.6 Å². The molecule has 6 nitrogen and oxygen atoms in total. The normalized spacial score (nSPS) is 14.4. The van der Waals surface area contributed by atoms with Gasteiger partial charge in [0.1, 0.15) is 4.99 Å². The Morgan fingerprint density at radius 1 is 1.17 bits per heavy atom. The van der Waals surface area contributed by atoms with Gasteiger partial charge in [-0.1, -0.05) is 30.4 Å². The molecule has 0 saturated carbocycles. The van der Waals surface area contributed by atoms with Crippen molar-refractivity contribution in [2.75, 3.05) is 52.3 Å². The fourth-order valence-electron chi connectivity index (χ4n) is 3.03. The number of nitrogens with zero attached hydrogens (tertiary/aromatic N) is 2. The standard InChI is InChI=1S/C21H24IN3O3S/c1-24-8-10-25(11-9-24)21(29)15-12-17(22)20(18(13-15)27-2)28-14-19(26)23-16-6-4-3-5-7-16/h3-7,12-13H,8-11,14H2,1-2H3,(H,23,26). The highest BCUT2D eigenvalue weighted by Gasteiger charge is 2.21. The van der Waals surface area contributed by atoms with Crippen molar-refractivity contribution in [2.45, 2.75) is 0 Å². The molecule has 0 spiro atoms. The number of amides is 1. The lowest BCUT2D eigenvalue weighted by molar-refractivity contribution is -0.118.